The summed E-state index contributed by atoms with van der Waals surface area (Å²) in [5, 5.41) is 4.35. The summed E-state index contributed by atoms with van der Waals surface area (Å²) in [5.74, 6) is -0.901. The second-order valence-electron chi connectivity index (χ2n) is 3.23. The number of imide groups is 1. The summed E-state index contributed by atoms with van der Waals surface area (Å²) < 4.78 is 21.3. The van der Waals surface area contributed by atoms with E-state index in [1.165, 1.54) is 6.92 Å². The molecule has 0 aliphatic carbocycles. The van der Waals surface area contributed by atoms with Gasteiger partial charge in [-0.3, -0.25) is 10.1 Å². The largest absolute Gasteiger partial charge is 0.324 e. The van der Waals surface area contributed by atoms with Crippen LogP contribution in [0.3, 0.4) is 0 Å². The molecule has 3 amide bonds. The number of halogens is 1. The molecule has 8 heteroatoms. The third-order valence-corrected chi connectivity index (χ3v) is 3.12. The van der Waals surface area contributed by atoms with Gasteiger partial charge in [0.25, 0.3) is 5.91 Å². The van der Waals surface area contributed by atoms with Crippen LogP contribution in [0.4, 0.5) is 4.79 Å². The van der Waals surface area contributed by atoms with Gasteiger partial charge in [-0.05, 0) is 13.3 Å². The fraction of sp³-hybridized carbons (Fsp3) is 0.667. The zero-order valence-electron chi connectivity index (χ0n) is 7.33. The van der Waals surface area contributed by atoms with E-state index in [-0.39, 0.29) is 12.2 Å². The van der Waals surface area contributed by atoms with Crippen molar-refractivity contribution in [3.8, 4) is 0 Å². The Hall–Kier alpha value is -0.820. The van der Waals surface area contributed by atoms with Gasteiger partial charge in [0, 0.05) is 10.7 Å². The van der Waals surface area contributed by atoms with Crippen LogP contribution in [0, 0.1) is 0 Å². The molecule has 80 valence electrons. The molecule has 1 fully saturated rings. The van der Waals surface area contributed by atoms with E-state index in [4.69, 9.17) is 10.7 Å². The molecule has 0 aromatic carbocycles. The maximum Gasteiger partial charge on any atom is 0.322 e. The van der Waals surface area contributed by atoms with Gasteiger partial charge in [-0.15, -0.1) is 0 Å². The average molecular weight is 241 g/mol. The molecule has 0 bridgehead atoms. The van der Waals surface area contributed by atoms with E-state index >= 15 is 0 Å². The molecule has 6 nitrogen and oxygen atoms in total. The number of hydrogen-bond acceptors (Lipinski definition) is 4. The van der Waals surface area contributed by atoms with E-state index in [1.54, 1.807) is 0 Å². The second kappa shape index (κ2) is 3.39. The van der Waals surface area contributed by atoms with Gasteiger partial charge >= 0.3 is 6.03 Å². The summed E-state index contributed by atoms with van der Waals surface area (Å²) in [6.07, 6.45) is -0.0452. The lowest BCUT2D eigenvalue weighted by Gasteiger charge is -2.18. The lowest BCUT2D eigenvalue weighted by molar-refractivity contribution is -0.123. The summed E-state index contributed by atoms with van der Waals surface area (Å²) >= 11 is 0. The third kappa shape index (κ3) is 2.58. The van der Waals surface area contributed by atoms with E-state index in [1.807, 2.05) is 5.32 Å². The lowest BCUT2D eigenvalue weighted by Crippen LogP contribution is -2.44. The Morgan fingerprint density at radius 1 is 1.43 bits per heavy atom. The summed E-state index contributed by atoms with van der Waals surface area (Å²) in [4.78, 5) is 22.0. The lowest BCUT2D eigenvalue weighted by atomic mass is 10.00. The Labute approximate surface area is 85.4 Å². The van der Waals surface area contributed by atoms with Gasteiger partial charge in [-0.2, -0.15) is 0 Å². The quantitative estimate of drug-likeness (QED) is 0.516. The van der Waals surface area contributed by atoms with Crippen LogP contribution in [0.25, 0.3) is 0 Å². The topological polar surface area (TPSA) is 92.3 Å². The van der Waals surface area contributed by atoms with Gasteiger partial charge in [0.2, 0.25) is 9.05 Å². The van der Waals surface area contributed by atoms with Crippen LogP contribution >= 0.6 is 10.7 Å². The highest BCUT2D eigenvalue weighted by Gasteiger charge is 2.42. The van der Waals surface area contributed by atoms with Crippen LogP contribution in [-0.2, 0) is 13.8 Å². The van der Waals surface area contributed by atoms with Crippen molar-refractivity contribution >= 4 is 31.7 Å². The van der Waals surface area contributed by atoms with Crippen molar-refractivity contribution in [3.63, 3.8) is 0 Å². The van der Waals surface area contributed by atoms with E-state index in [0.717, 1.165) is 0 Å². The highest BCUT2D eigenvalue weighted by Crippen LogP contribution is 2.16. The zero-order valence-corrected chi connectivity index (χ0v) is 8.91. The van der Waals surface area contributed by atoms with Crippen molar-refractivity contribution in [2.45, 2.75) is 18.9 Å². The van der Waals surface area contributed by atoms with Crippen molar-refractivity contribution in [1.29, 1.82) is 0 Å². The molecule has 0 spiro atoms. The fourth-order valence-corrected chi connectivity index (χ4v) is 1.97. The highest BCUT2D eigenvalue weighted by molar-refractivity contribution is 8.13. The summed E-state index contributed by atoms with van der Waals surface area (Å²) in [6.45, 7) is 1.44. The third-order valence-electron chi connectivity index (χ3n) is 1.96. The molecule has 1 heterocycles. The van der Waals surface area contributed by atoms with Crippen LogP contribution in [-0.4, -0.2) is 31.6 Å². The van der Waals surface area contributed by atoms with Crippen LogP contribution in [0.5, 0.6) is 0 Å². The predicted octanol–water partition coefficient (Wildman–Crippen LogP) is -0.457. The van der Waals surface area contributed by atoms with Gasteiger partial charge in [-0.25, -0.2) is 13.2 Å². The Morgan fingerprint density at radius 2 is 2.00 bits per heavy atom. The number of carbonyl (C=O) groups is 2. The Morgan fingerprint density at radius 3 is 2.36 bits per heavy atom. The molecule has 2 N–H and O–H groups in total. The van der Waals surface area contributed by atoms with Crippen LogP contribution < -0.4 is 10.6 Å². The molecule has 1 aliphatic heterocycles. The summed E-state index contributed by atoms with van der Waals surface area (Å²) in [7, 11) is 1.34. The molecular formula is C6H9ClN2O4S. The fourth-order valence-electron chi connectivity index (χ4n) is 1.08. The predicted molar refractivity (Wildman–Crippen MR) is 49.3 cm³/mol. The maximum absolute atomic E-state index is 11.2. The standard InChI is InChI=1S/C6H9ClN2O4S/c1-6(2-3-14(7,12)13)4(10)8-5(11)9-6/h2-3H2,1H3,(H2,8,9,10,11). The first kappa shape index (κ1) is 11.3. The first-order valence-electron chi connectivity index (χ1n) is 3.79. The molecule has 1 rings (SSSR count). The molecule has 1 aliphatic rings. The Kier molecular flexibility index (Phi) is 2.73. The number of carbonyl (C=O) groups excluding carboxylic acids is 2. The molecule has 0 saturated carbocycles. The van der Waals surface area contributed by atoms with Crippen LogP contribution in [0.15, 0.2) is 0 Å². The number of nitrogens with one attached hydrogen (secondary N) is 2. The van der Waals surface area contributed by atoms with Gasteiger partial charge in [0.15, 0.2) is 0 Å². The summed E-state index contributed by atoms with van der Waals surface area (Å²) in [6, 6.07) is -0.621. The van der Waals surface area contributed by atoms with Gasteiger partial charge < -0.3 is 5.32 Å². The van der Waals surface area contributed by atoms with Gasteiger partial charge in [0.1, 0.15) is 5.54 Å². The number of amides is 3. The van der Waals surface area contributed by atoms with Crippen LogP contribution in [0.1, 0.15) is 13.3 Å². The average Bonchev–Trinajstić information content (AvgIpc) is 2.22. The maximum atomic E-state index is 11.2. The first-order chi connectivity index (χ1) is 6.23. The molecule has 0 radical (unpaired) electrons. The minimum absolute atomic E-state index is 0.0452. The Balaban J connectivity index is 2.68. The monoisotopic (exact) mass is 240 g/mol. The van der Waals surface area contributed by atoms with Crippen LogP contribution in [0.2, 0.25) is 0 Å². The van der Waals surface area contributed by atoms with E-state index in [2.05, 4.69) is 5.32 Å². The van der Waals surface area contributed by atoms with E-state index in [9.17, 15) is 18.0 Å². The van der Waals surface area contributed by atoms with Gasteiger partial charge in [0.05, 0.1) is 5.75 Å². The molecule has 0 aromatic heterocycles. The SMILES string of the molecule is CC1(CCS(=O)(=O)Cl)NC(=O)NC1=O. The van der Waals surface area contributed by atoms with E-state index in [0.29, 0.717) is 0 Å². The van der Waals surface area contributed by atoms with Gasteiger partial charge in [-0.1, -0.05) is 0 Å². The van der Waals surface area contributed by atoms with Crippen molar-refractivity contribution in [2.75, 3.05) is 5.75 Å². The second-order valence-corrected chi connectivity index (χ2v) is 6.13. The smallest absolute Gasteiger partial charge is 0.322 e. The normalized spacial score (nSPS) is 27.3. The molecular weight excluding hydrogens is 232 g/mol. The number of hydrogen-bond donors (Lipinski definition) is 2. The highest BCUT2D eigenvalue weighted by atomic mass is 35.7. The minimum Gasteiger partial charge on any atom is -0.324 e. The van der Waals surface area contributed by atoms with Crippen molar-refractivity contribution in [3.05, 3.63) is 0 Å². The summed E-state index contributed by atoms with van der Waals surface area (Å²) in [5.41, 5.74) is -1.18. The van der Waals surface area contributed by atoms with E-state index < -0.39 is 26.5 Å². The first-order valence-corrected chi connectivity index (χ1v) is 6.27. The number of rotatable bonds is 3. The van der Waals surface area contributed by atoms with Crippen molar-refractivity contribution in [1.82, 2.24) is 10.6 Å². The van der Waals surface area contributed by atoms with Crippen molar-refractivity contribution in [2.24, 2.45) is 0 Å². The molecule has 1 atom stereocenters. The number of urea groups is 1. The molecule has 0 aromatic rings. The molecule has 1 saturated heterocycles. The molecule has 1 unspecified atom stereocenters. The van der Waals surface area contributed by atoms with Crippen molar-refractivity contribution < 1.29 is 18.0 Å². The minimum atomic E-state index is -3.65. The zero-order chi connectivity index (χ0) is 11.0. The Bertz CT molecular complexity index is 379. The molecule has 14 heavy (non-hydrogen) atoms.